The fourth-order valence-electron chi connectivity index (χ4n) is 2.15. The Morgan fingerprint density at radius 3 is 2.90 bits per heavy atom. The van der Waals surface area contributed by atoms with Crippen LogP contribution in [0.4, 0.5) is 5.69 Å². The summed E-state index contributed by atoms with van der Waals surface area (Å²) in [7, 11) is 0. The molecular formula is C15H19N3O2. The van der Waals surface area contributed by atoms with E-state index in [1.54, 1.807) is 27.9 Å². The zero-order chi connectivity index (χ0) is 14.5. The smallest absolute Gasteiger partial charge is 0.228 e. The molecule has 106 valence electrons. The molecule has 1 aromatic heterocycles. The third-order valence-electron chi connectivity index (χ3n) is 3.21. The molecule has 1 N–H and O–H groups in total. The van der Waals surface area contributed by atoms with Crippen molar-refractivity contribution in [3.63, 3.8) is 0 Å². The Bertz CT molecular complexity index is 579. The second kappa shape index (κ2) is 6.23. The third-order valence-corrected chi connectivity index (χ3v) is 3.21. The molecule has 2 aromatic rings. The minimum atomic E-state index is 0.0247. The Hall–Kier alpha value is -2.30. The number of phenolic OH excluding ortho intramolecular Hbond substituents is 1. The van der Waals surface area contributed by atoms with Crippen LogP contribution in [0.5, 0.6) is 5.75 Å². The molecular weight excluding hydrogens is 254 g/mol. The molecule has 5 nitrogen and oxygen atoms in total. The molecule has 1 amide bonds. The molecule has 0 spiro atoms. The number of amides is 1. The van der Waals surface area contributed by atoms with Crippen molar-refractivity contribution in [2.75, 3.05) is 11.4 Å². The molecule has 0 radical (unpaired) electrons. The van der Waals surface area contributed by atoms with Crippen molar-refractivity contribution in [3.05, 3.63) is 42.2 Å². The first-order valence-electron chi connectivity index (χ1n) is 6.69. The zero-order valence-corrected chi connectivity index (χ0v) is 11.8. The highest BCUT2D eigenvalue weighted by Gasteiger charge is 2.16. The number of anilines is 1. The van der Waals surface area contributed by atoms with Crippen LogP contribution in [-0.2, 0) is 11.3 Å². The van der Waals surface area contributed by atoms with Gasteiger partial charge in [0, 0.05) is 38.0 Å². The van der Waals surface area contributed by atoms with Crippen LogP contribution in [0.3, 0.4) is 0 Å². The van der Waals surface area contributed by atoms with Gasteiger partial charge in [-0.3, -0.25) is 9.48 Å². The Kier molecular flexibility index (Phi) is 4.40. The minimum Gasteiger partial charge on any atom is -0.508 e. The number of aromatic hydroxyl groups is 1. The molecule has 20 heavy (non-hydrogen) atoms. The predicted molar refractivity (Wildman–Crippen MR) is 77.7 cm³/mol. The van der Waals surface area contributed by atoms with Crippen molar-refractivity contribution in [3.8, 4) is 5.75 Å². The van der Waals surface area contributed by atoms with Crippen molar-refractivity contribution in [1.82, 2.24) is 9.78 Å². The highest BCUT2D eigenvalue weighted by Crippen LogP contribution is 2.25. The summed E-state index contributed by atoms with van der Waals surface area (Å²) in [5, 5.41) is 13.7. The zero-order valence-electron chi connectivity index (χ0n) is 11.8. The van der Waals surface area contributed by atoms with E-state index >= 15 is 0 Å². The maximum Gasteiger partial charge on any atom is 0.228 e. The average Bonchev–Trinajstić information content (AvgIpc) is 2.94. The van der Waals surface area contributed by atoms with Gasteiger partial charge in [-0.1, -0.05) is 6.07 Å². The number of hydrogen-bond donors (Lipinski definition) is 1. The molecule has 0 fully saturated rings. The van der Waals surface area contributed by atoms with E-state index in [-0.39, 0.29) is 11.7 Å². The van der Waals surface area contributed by atoms with E-state index < -0.39 is 0 Å². The van der Waals surface area contributed by atoms with E-state index in [1.165, 1.54) is 0 Å². The van der Waals surface area contributed by atoms with Crippen molar-refractivity contribution in [1.29, 1.82) is 0 Å². The van der Waals surface area contributed by atoms with Gasteiger partial charge in [0.15, 0.2) is 0 Å². The van der Waals surface area contributed by atoms with Crippen molar-refractivity contribution in [2.45, 2.75) is 26.8 Å². The van der Waals surface area contributed by atoms with Crippen LogP contribution in [0.25, 0.3) is 0 Å². The monoisotopic (exact) mass is 273 g/mol. The van der Waals surface area contributed by atoms with Gasteiger partial charge in [-0.05, 0) is 31.5 Å². The van der Waals surface area contributed by atoms with Crippen LogP contribution in [0.2, 0.25) is 0 Å². The van der Waals surface area contributed by atoms with Gasteiger partial charge in [0.1, 0.15) is 5.75 Å². The Morgan fingerprint density at radius 2 is 2.25 bits per heavy atom. The van der Waals surface area contributed by atoms with E-state index in [0.29, 0.717) is 19.5 Å². The number of carbonyl (C=O) groups is 1. The lowest BCUT2D eigenvalue weighted by atomic mass is 10.1. The maximum absolute atomic E-state index is 12.3. The summed E-state index contributed by atoms with van der Waals surface area (Å²) in [5.74, 6) is 0.195. The van der Waals surface area contributed by atoms with Gasteiger partial charge in [-0.15, -0.1) is 0 Å². The van der Waals surface area contributed by atoms with Gasteiger partial charge in [0.05, 0.1) is 5.69 Å². The molecule has 1 heterocycles. The number of carbonyl (C=O) groups excluding carboxylic acids is 1. The van der Waals surface area contributed by atoms with Crippen molar-refractivity contribution >= 4 is 11.6 Å². The van der Waals surface area contributed by atoms with Gasteiger partial charge < -0.3 is 10.0 Å². The summed E-state index contributed by atoms with van der Waals surface area (Å²) in [4.78, 5) is 14.0. The Morgan fingerprint density at radius 1 is 1.45 bits per heavy atom. The molecule has 0 saturated carbocycles. The van der Waals surface area contributed by atoms with Crippen LogP contribution < -0.4 is 4.90 Å². The highest BCUT2D eigenvalue weighted by molar-refractivity contribution is 5.94. The lowest BCUT2D eigenvalue weighted by molar-refractivity contribution is -0.118. The molecule has 0 aliphatic rings. The molecule has 1 aromatic carbocycles. The van der Waals surface area contributed by atoms with Crippen LogP contribution in [0.1, 0.15) is 18.9 Å². The number of aryl methyl sites for hydroxylation is 2. The van der Waals surface area contributed by atoms with E-state index in [0.717, 1.165) is 11.3 Å². The maximum atomic E-state index is 12.3. The molecule has 0 unspecified atom stereocenters. The van der Waals surface area contributed by atoms with Crippen LogP contribution >= 0.6 is 0 Å². The van der Waals surface area contributed by atoms with E-state index in [9.17, 15) is 9.90 Å². The highest BCUT2D eigenvalue weighted by atomic mass is 16.3. The number of aromatic nitrogens is 2. The van der Waals surface area contributed by atoms with Gasteiger partial charge in [0.2, 0.25) is 5.91 Å². The number of benzene rings is 1. The van der Waals surface area contributed by atoms with Gasteiger partial charge in [-0.25, -0.2) is 0 Å². The molecule has 0 aliphatic heterocycles. The summed E-state index contributed by atoms with van der Waals surface area (Å²) in [6.45, 7) is 4.98. The van der Waals surface area contributed by atoms with E-state index in [1.807, 2.05) is 32.2 Å². The molecule has 2 rings (SSSR count). The first-order valence-corrected chi connectivity index (χ1v) is 6.69. The summed E-state index contributed by atoms with van der Waals surface area (Å²) >= 11 is 0. The third kappa shape index (κ3) is 3.17. The summed E-state index contributed by atoms with van der Waals surface area (Å²) in [6.07, 6.45) is 3.91. The van der Waals surface area contributed by atoms with E-state index in [2.05, 4.69) is 5.10 Å². The first-order chi connectivity index (χ1) is 9.61. The number of rotatable bonds is 5. The second-order valence-electron chi connectivity index (χ2n) is 4.63. The number of hydrogen-bond acceptors (Lipinski definition) is 3. The average molecular weight is 273 g/mol. The fraction of sp³-hybridized carbons (Fsp3) is 0.333. The van der Waals surface area contributed by atoms with Crippen LogP contribution in [0, 0.1) is 6.92 Å². The minimum absolute atomic E-state index is 0.0247. The second-order valence-corrected chi connectivity index (χ2v) is 4.63. The summed E-state index contributed by atoms with van der Waals surface area (Å²) < 4.78 is 1.74. The normalized spacial score (nSPS) is 10.5. The number of nitrogens with zero attached hydrogens (tertiary/aromatic N) is 3. The summed E-state index contributed by atoms with van der Waals surface area (Å²) in [5.41, 5.74) is 1.73. The standard InChI is InChI=1S/C15H19N3O2/c1-3-18(14-11-13(19)6-5-12(14)2)15(20)7-10-17-9-4-8-16-17/h4-6,8-9,11,19H,3,7,10H2,1-2H3. The van der Waals surface area contributed by atoms with Gasteiger partial charge in [-0.2, -0.15) is 5.10 Å². The van der Waals surface area contributed by atoms with Crippen LogP contribution in [0.15, 0.2) is 36.7 Å². The lowest BCUT2D eigenvalue weighted by Crippen LogP contribution is -2.31. The molecule has 0 aliphatic carbocycles. The van der Waals surface area contributed by atoms with Gasteiger partial charge >= 0.3 is 0 Å². The molecule has 0 saturated heterocycles. The van der Waals surface area contributed by atoms with Crippen LogP contribution in [-0.4, -0.2) is 27.3 Å². The Labute approximate surface area is 118 Å². The first kappa shape index (κ1) is 14.1. The SMILES string of the molecule is CCN(C(=O)CCn1cccn1)c1cc(O)ccc1C. The predicted octanol–water partition coefficient (Wildman–Crippen LogP) is 2.34. The lowest BCUT2D eigenvalue weighted by Gasteiger charge is -2.23. The summed E-state index contributed by atoms with van der Waals surface area (Å²) in [6, 6.07) is 6.90. The topological polar surface area (TPSA) is 58.4 Å². The van der Waals surface area contributed by atoms with E-state index in [4.69, 9.17) is 0 Å². The van der Waals surface area contributed by atoms with Crippen molar-refractivity contribution in [2.24, 2.45) is 0 Å². The largest absolute Gasteiger partial charge is 0.508 e. The quantitative estimate of drug-likeness (QED) is 0.909. The fourth-order valence-corrected chi connectivity index (χ4v) is 2.15. The molecule has 0 bridgehead atoms. The Balaban J connectivity index is 2.10. The molecule has 5 heteroatoms. The number of phenols is 1. The van der Waals surface area contributed by atoms with Crippen molar-refractivity contribution < 1.29 is 9.90 Å². The van der Waals surface area contributed by atoms with Gasteiger partial charge in [0.25, 0.3) is 0 Å². The molecule has 0 atom stereocenters.